The molecular weight excluding hydrogens is 158 g/mol. The first kappa shape index (κ1) is 11.2. The topological polar surface area (TPSA) is 89.2 Å². The third-order valence-electron chi connectivity index (χ3n) is 1.61. The highest BCUT2D eigenvalue weighted by atomic mass is 16.3. The maximum absolute atomic E-state index is 9.27. The highest BCUT2D eigenvalue weighted by Crippen LogP contribution is 2.25. The lowest BCUT2D eigenvalue weighted by Crippen LogP contribution is -2.38. The smallest absolute Gasteiger partial charge is 0.0860 e. The summed E-state index contributed by atoms with van der Waals surface area (Å²) in [4.78, 5) is 2.63. The lowest BCUT2D eigenvalue weighted by Gasteiger charge is -2.29. The number of hydrogen-bond donors (Lipinski definition) is 2. The molecule has 5 nitrogen and oxygen atoms in total. The quantitative estimate of drug-likeness (QED) is 0.379. The third kappa shape index (κ3) is 3.09. The number of aliphatic hydroxyl groups excluding tert-OH is 2. The Labute approximate surface area is 71.7 Å². The van der Waals surface area contributed by atoms with Crippen LogP contribution >= 0.6 is 0 Å². The summed E-state index contributed by atoms with van der Waals surface area (Å²) in [5, 5.41) is 21.4. The second-order valence-corrected chi connectivity index (χ2v) is 3.77. The molecule has 0 aromatic heterocycles. The number of hydrogen-bond acceptors (Lipinski definition) is 3. The monoisotopic (exact) mass is 173 g/mol. The first-order valence-corrected chi connectivity index (χ1v) is 3.76. The highest BCUT2D eigenvalue weighted by Gasteiger charge is 2.29. The van der Waals surface area contributed by atoms with Crippen LogP contribution < -0.4 is 0 Å². The van der Waals surface area contributed by atoms with Gasteiger partial charge in [-0.15, -0.1) is 0 Å². The molecule has 0 aromatic rings. The molecule has 2 atom stereocenters. The van der Waals surface area contributed by atoms with E-state index < -0.39 is 12.1 Å². The van der Waals surface area contributed by atoms with E-state index in [1.165, 1.54) is 0 Å². The van der Waals surface area contributed by atoms with Crippen molar-refractivity contribution >= 4 is 0 Å². The lowest BCUT2D eigenvalue weighted by atomic mass is 9.84. The van der Waals surface area contributed by atoms with E-state index in [-0.39, 0.29) is 12.0 Å². The Morgan fingerprint density at radius 2 is 2.00 bits per heavy atom. The van der Waals surface area contributed by atoms with Gasteiger partial charge in [-0.05, 0) is 10.9 Å². The molecule has 0 aromatic carbocycles. The fourth-order valence-corrected chi connectivity index (χ4v) is 0.983. The molecule has 70 valence electrons. The Balaban J connectivity index is 4.54. The minimum absolute atomic E-state index is 0.339. The minimum Gasteiger partial charge on any atom is -0.394 e. The Hall–Kier alpha value is -0.770. The van der Waals surface area contributed by atoms with Crippen LogP contribution in [0, 0.1) is 5.41 Å². The molecule has 5 heteroatoms. The van der Waals surface area contributed by atoms with Gasteiger partial charge in [-0.25, -0.2) is 0 Å². The molecule has 0 rings (SSSR count). The number of azide groups is 1. The molecule has 0 radical (unpaired) electrons. The van der Waals surface area contributed by atoms with Crippen LogP contribution in [0.15, 0.2) is 5.11 Å². The van der Waals surface area contributed by atoms with Crippen LogP contribution in [0.3, 0.4) is 0 Å². The minimum atomic E-state index is -0.985. The highest BCUT2D eigenvalue weighted by molar-refractivity contribution is 4.86. The fourth-order valence-electron chi connectivity index (χ4n) is 0.983. The van der Waals surface area contributed by atoms with Crippen molar-refractivity contribution in [3.63, 3.8) is 0 Å². The zero-order valence-corrected chi connectivity index (χ0v) is 7.60. The summed E-state index contributed by atoms with van der Waals surface area (Å²) in [5.41, 5.74) is 7.87. The van der Waals surface area contributed by atoms with Gasteiger partial charge in [0.05, 0.1) is 18.8 Å². The summed E-state index contributed by atoms with van der Waals surface area (Å²) in [6.45, 7) is 5.13. The van der Waals surface area contributed by atoms with Crippen molar-refractivity contribution < 1.29 is 10.2 Å². The van der Waals surface area contributed by atoms with Gasteiger partial charge in [0.15, 0.2) is 0 Å². The first-order valence-electron chi connectivity index (χ1n) is 3.76. The van der Waals surface area contributed by atoms with Crippen LogP contribution in [0.4, 0.5) is 0 Å². The third-order valence-corrected chi connectivity index (χ3v) is 1.61. The first-order chi connectivity index (χ1) is 5.43. The van der Waals surface area contributed by atoms with Crippen LogP contribution in [-0.2, 0) is 0 Å². The van der Waals surface area contributed by atoms with Gasteiger partial charge in [-0.3, -0.25) is 0 Å². The van der Waals surface area contributed by atoms with Crippen LogP contribution in [0.2, 0.25) is 0 Å². The maximum atomic E-state index is 9.27. The zero-order chi connectivity index (χ0) is 9.78. The summed E-state index contributed by atoms with van der Waals surface area (Å²) in [6.07, 6.45) is -0.985. The Morgan fingerprint density at radius 1 is 1.50 bits per heavy atom. The summed E-state index contributed by atoms with van der Waals surface area (Å²) in [5.74, 6) is 0. The molecule has 0 amide bonds. The van der Waals surface area contributed by atoms with Gasteiger partial charge in [-0.1, -0.05) is 25.9 Å². The standard InChI is InChI=1S/C7H15N3O2/c1-7(2,3)6(9-10-8)5(12)4-11/h5-6,11-12H,4H2,1-3H3/t5-,6-/m1/s1. The van der Waals surface area contributed by atoms with Gasteiger partial charge in [0.1, 0.15) is 0 Å². The molecule has 0 fully saturated rings. The average Bonchev–Trinajstić information content (AvgIpc) is 1.96. The predicted octanol–water partition coefficient (Wildman–Crippen LogP) is 1.06. The van der Waals surface area contributed by atoms with E-state index in [0.717, 1.165) is 0 Å². The van der Waals surface area contributed by atoms with Gasteiger partial charge in [-0.2, -0.15) is 0 Å². The zero-order valence-electron chi connectivity index (χ0n) is 7.60. The van der Waals surface area contributed by atoms with Gasteiger partial charge < -0.3 is 10.2 Å². The van der Waals surface area contributed by atoms with Crippen molar-refractivity contribution in [2.75, 3.05) is 6.61 Å². The van der Waals surface area contributed by atoms with E-state index in [9.17, 15) is 5.11 Å². The summed E-state index contributed by atoms with van der Waals surface area (Å²) in [7, 11) is 0. The van der Waals surface area contributed by atoms with E-state index in [0.29, 0.717) is 0 Å². The van der Waals surface area contributed by atoms with Crippen molar-refractivity contribution in [1.82, 2.24) is 0 Å². The van der Waals surface area contributed by atoms with Crippen LogP contribution in [0.25, 0.3) is 10.4 Å². The van der Waals surface area contributed by atoms with Crippen LogP contribution in [-0.4, -0.2) is 29.0 Å². The van der Waals surface area contributed by atoms with E-state index in [1.807, 2.05) is 20.8 Å². The molecule has 0 heterocycles. The van der Waals surface area contributed by atoms with Crippen LogP contribution in [0.5, 0.6) is 0 Å². The molecule has 0 aliphatic heterocycles. The van der Waals surface area contributed by atoms with Gasteiger partial charge in [0.25, 0.3) is 0 Å². The van der Waals surface area contributed by atoms with Gasteiger partial charge >= 0.3 is 0 Å². The molecule has 0 saturated heterocycles. The lowest BCUT2D eigenvalue weighted by molar-refractivity contribution is 0.0410. The number of aliphatic hydroxyl groups is 2. The van der Waals surface area contributed by atoms with Crippen molar-refractivity contribution in [3.05, 3.63) is 10.4 Å². The second kappa shape index (κ2) is 4.30. The summed E-state index contributed by atoms with van der Waals surface area (Å²) < 4.78 is 0. The molecule has 0 aliphatic rings. The molecule has 0 spiro atoms. The molecule has 2 N–H and O–H groups in total. The van der Waals surface area contributed by atoms with Crippen molar-refractivity contribution in [3.8, 4) is 0 Å². The largest absolute Gasteiger partial charge is 0.394 e. The van der Waals surface area contributed by atoms with E-state index in [2.05, 4.69) is 10.0 Å². The van der Waals surface area contributed by atoms with Crippen molar-refractivity contribution in [2.24, 2.45) is 10.5 Å². The Bertz CT molecular complexity index is 182. The Morgan fingerprint density at radius 3 is 2.25 bits per heavy atom. The Kier molecular flexibility index (Phi) is 4.03. The average molecular weight is 173 g/mol. The number of nitrogens with zero attached hydrogens (tertiary/aromatic N) is 3. The molecule has 0 unspecified atom stereocenters. The van der Waals surface area contributed by atoms with Crippen LogP contribution in [0.1, 0.15) is 20.8 Å². The molecule has 0 saturated carbocycles. The number of rotatable bonds is 3. The predicted molar refractivity (Wildman–Crippen MR) is 45.5 cm³/mol. The normalized spacial score (nSPS) is 16.4. The van der Waals surface area contributed by atoms with E-state index >= 15 is 0 Å². The van der Waals surface area contributed by atoms with Crippen molar-refractivity contribution in [1.29, 1.82) is 0 Å². The second-order valence-electron chi connectivity index (χ2n) is 3.77. The summed E-state index contributed by atoms with van der Waals surface area (Å²) >= 11 is 0. The van der Waals surface area contributed by atoms with E-state index in [1.54, 1.807) is 0 Å². The fraction of sp³-hybridized carbons (Fsp3) is 1.00. The van der Waals surface area contributed by atoms with Gasteiger partial charge in [0, 0.05) is 4.91 Å². The molecule has 12 heavy (non-hydrogen) atoms. The molecule has 0 aliphatic carbocycles. The molecular formula is C7H15N3O2. The summed E-state index contributed by atoms with van der Waals surface area (Å²) in [6, 6.07) is -0.590. The SMILES string of the molecule is CC(C)(C)[C@H](N=[N+]=[N-])[C@H](O)CO. The van der Waals surface area contributed by atoms with E-state index in [4.69, 9.17) is 10.6 Å². The van der Waals surface area contributed by atoms with Gasteiger partial charge in [0.2, 0.25) is 0 Å². The van der Waals surface area contributed by atoms with Crippen molar-refractivity contribution in [2.45, 2.75) is 32.9 Å². The molecule has 0 bridgehead atoms. The maximum Gasteiger partial charge on any atom is 0.0860 e.